The first-order valence-electron chi connectivity index (χ1n) is 8.75. The van der Waals surface area contributed by atoms with Gasteiger partial charge in [-0.05, 0) is 24.5 Å². The molecule has 2 saturated heterocycles. The van der Waals surface area contributed by atoms with Crippen molar-refractivity contribution in [1.29, 1.82) is 0 Å². The Labute approximate surface area is 147 Å². The summed E-state index contributed by atoms with van der Waals surface area (Å²) in [4.78, 5) is 46.8. The second-order valence-corrected chi connectivity index (χ2v) is 7.03. The van der Waals surface area contributed by atoms with Gasteiger partial charge in [-0.1, -0.05) is 13.8 Å². The number of piperazine rings is 1. The Bertz CT molecular complexity index is 662. The van der Waals surface area contributed by atoms with E-state index in [0.717, 1.165) is 0 Å². The SMILES string of the molecule is CC(C)CN1CC(=O)N2CCN(C(=O)c3ccncc3)CCC2C1=O. The average molecular weight is 344 g/mol. The van der Waals surface area contributed by atoms with Crippen LogP contribution in [0.5, 0.6) is 0 Å². The Morgan fingerprint density at radius 3 is 2.60 bits per heavy atom. The Morgan fingerprint density at radius 2 is 1.92 bits per heavy atom. The lowest BCUT2D eigenvalue weighted by Gasteiger charge is -2.39. The first-order valence-corrected chi connectivity index (χ1v) is 8.75. The Hall–Kier alpha value is -2.44. The van der Waals surface area contributed by atoms with E-state index >= 15 is 0 Å². The largest absolute Gasteiger partial charge is 0.337 e. The molecule has 1 unspecified atom stereocenters. The van der Waals surface area contributed by atoms with Gasteiger partial charge in [0.05, 0.1) is 6.54 Å². The minimum Gasteiger partial charge on any atom is -0.337 e. The van der Waals surface area contributed by atoms with Crippen molar-refractivity contribution in [2.75, 3.05) is 32.7 Å². The first kappa shape index (κ1) is 17.4. The maximum atomic E-state index is 12.8. The molecule has 2 fully saturated rings. The number of amides is 3. The molecule has 0 bridgehead atoms. The zero-order valence-electron chi connectivity index (χ0n) is 14.7. The molecular weight excluding hydrogens is 320 g/mol. The molecule has 0 spiro atoms. The topological polar surface area (TPSA) is 73.8 Å². The van der Waals surface area contributed by atoms with E-state index in [1.807, 2.05) is 13.8 Å². The van der Waals surface area contributed by atoms with Crippen molar-refractivity contribution < 1.29 is 14.4 Å². The minimum absolute atomic E-state index is 0.00603. The van der Waals surface area contributed by atoms with E-state index in [9.17, 15) is 14.4 Å². The lowest BCUT2D eigenvalue weighted by Crippen LogP contribution is -2.60. The molecule has 0 aliphatic carbocycles. The van der Waals surface area contributed by atoms with E-state index in [1.54, 1.807) is 39.2 Å². The summed E-state index contributed by atoms with van der Waals surface area (Å²) in [6.07, 6.45) is 3.66. The quantitative estimate of drug-likeness (QED) is 0.806. The fraction of sp³-hybridized carbons (Fsp3) is 0.556. The van der Waals surface area contributed by atoms with Gasteiger partial charge in [-0.25, -0.2) is 0 Å². The predicted octanol–water partition coefficient (Wildman–Crippen LogP) is 0.623. The summed E-state index contributed by atoms with van der Waals surface area (Å²) in [6, 6.07) is 2.91. The highest BCUT2D eigenvalue weighted by Gasteiger charge is 2.41. The van der Waals surface area contributed by atoms with Gasteiger partial charge in [0, 0.05) is 44.1 Å². The molecule has 1 aromatic heterocycles. The third-order valence-electron chi connectivity index (χ3n) is 4.70. The molecule has 3 amide bonds. The molecule has 7 heteroatoms. The molecule has 3 rings (SSSR count). The van der Waals surface area contributed by atoms with Crippen LogP contribution >= 0.6 is 0 Å². The molecule has 2 aliphatic rings. The van der Waals surface area contributed by atoms with Crippen LogP contribution in [-0.4, -0.2) is 76.2 Å². The molecular formula is C18H24N4O3. The average Bonchev–Trinajstić information content (AvgIpc) is 2.83. The summed E-state index contributed by atoms with van der Waals surface area (Å²) in [5.41, 5.74) is 0.578. The predicted molar refractivity (Wildman–Crippen MR) is 91.7 cm³/mol. The highest BCUT2D eigenvalue weighted by Crippen LogP contribution is 2.21. The van der Waals surface area contributed by atoms with Gasteiger partial charge in [-0.3, -0.25) is 19.4 Å². The summed E-state index contributed by atoms with van der Waals surface area (Å²) >= 11 is 0. The van der Waals surface area contributed by atoms with Gasteiger partial charge in [-0.15, -0.1) is 0 Å². The molecule has 3 heterocycles. The fourth-order valence-corrected chi connectivity index (χ4v) is 3.50. The van der Waals surface area contributed by atoms with E-state index < -0.39 is 6.04 Å². The van der Waals surface area contributed by atoms with Crippen LogP contribution in [-0.2, 0) is 9.59 Å². The lowest BCUT2D eigenvalue weighted by molar-refractivity contribution is -0.156. The standard InChI is InChI=1S/C18H24N4O3/c1-13(2)11-21-12-16(23)22-10-9-20(8-5-15(22)18(21)25)17(24)14-3-6-19-7-4-14/h3-4,6-7,13,15H,5,8-12H2,1-2H3. The monoisotopic (exact) mass is 344 g/mol. The van der Waals surface area contributed by atoms with E-state index in [4.69, 9.17) is 0 Å². The molecule has 2 aliphatic heterocycles. The van der Waals surface area contributed by atoms with Crippen LogP contribution in [0.3, 0.4) is 0 Å². The van der Waals surface area contributed by atoms with Crippen LogP contribution in [0.15, 0.2) is 24.5 Å². The van der Waals surface area contributed by atoms with Gasteiger partial charge in [-0.2, -0.15) is 0 Å². The Balaban J connectivity index is 1.73. The van der Waals surface area contributed by atoms with Crippen LogP contribution in [0.1, 0.15) is 30.6 Å². The van der Waals surface area contributed by atoms with Crippen LogP contribution < -0.4 is 0 Å². The van der Waals surface area contributed by atoms with Crippen molar-refractivity contribution in [3.8, 4) is 0 Å². The fourth-order valence-electron chi connectivity index (χ4n) is 3.50. The maximum absolute atomic E-state index is 12.8. The number of nitrogens with zero attached hydrogens (tertiary/aromatic N) is 4. The summed E-state index contributed by atoms with van der Waals surface area (Å²) in [5, 5.41) is 0. The molecule has 1 atom stereocenters. The van der Waals surface area contributed by atoms with E-state index in [0.29, 0.717) is 44.1 Å². The molecule has 7 nitrogen and oxygen atoms in total. The highest BCUT2D eigenvalue weighted by atomic mass is 16.2. The number of carbonyl (C=O) groups is 3. The molecule has 1 aromatic rings. The lowest BCUT2D eigenvalue weighted by atomic mass is 10.1. The minimum atomic E-state index is -0.449. The van der Waals surface area contributed by atoms with E-state index in [2.05, 4.69) is 4.98 Å². The first-order chi connectivity index (χ1) is 12.0. The number of rotatable bonds is 3. The zero-order valence-corrected chi connectivity index (χ0v) is 14.7. The second-order valence-electron chi connectivity index (χ2n) is 7.03. The molecule has 134 valence electrons. The van der Waals surface area contributed by atoms with Gasteiger partial charge in [0.1, 0.15) is 6.04 Å². The van der Waals surface area contributed by atoms with Crippen molar-refractivity contribution >= 4 is 17.7 Å². The summed E-state index contributed by atoms with van der Waals surface area (Å²) in [5.74, 6) is 0.218. The van der Waals surface area contributed by atoms with Gasteiger partial charge < -0.3 is 14.7 Å². The molecule has 0 aromatic carbocycles. The molecule has 25 heavy (non-hydrogen) atoms. The molecule has 0 radical (unpaired) electrons. The van der Waals surface area contributed by atoms with Gasteiger partial charge in [0.2, 0.25) is 11.8 Å². The summed E-state index contributed by atoms with van der Waals surface area (Å²) in [6.45, 7) is 6.12. The smallest absolute Gasteiger partial charge is 0.254 e. The third-order valence-corrected chi connectivity index (χ3v) is 4.70. The third kappa shape index (κ3) is 3.65. The van der Waals surface area contributed by atoms with Crippen LogP contribution in [0.25, 0.3) is 0 Å². The Morgan fingerprint density at radius 1 is 1.20 bits per heavy atom. The maximum Gasteiger partial charge on any atom is 0.254 e. The van der Waals surface area contributed by atoms with Crippen LogP contribution in [0, 0.1) is 5.92 Å². The van der Waals surface area contributed by atoms with Crippen molar-refractivity contribution in [3.63, 3.8) is 0 Å². The van der Waals surface area contributed by atoms with Crippen molar-refractivity contribution in [1.82, 2.24) is 19.7 Å². The number of hydrogen-bond acceptors (Lipinski definition) is 4. The molecule has 0 saturated carbocycles. The number of fused-ring (bicyclic) bond motifs is 1. The Kier molecular flexibility index (Phi) is 5.01. The number of carbonyl (C=O) groups excluding carboxylic acids is 3. The second kappa shape index (κ2) is 7.21. The van der Waals surface area contributed by atoms with E-state index in [1.165, 1.54) is 0 Å². The number of pyridine rings is 1. The van der Waals surface area contributed by atoms with Crippen molar-refractivity contribution in [3.05, 3.63) is 30.1 Å². The van der Waals surface area contributed by atoms with Crippen LogP contribution in [0.4, 0.5) is 0 Å². The van der Waals surface area contributed by atoms with Gasteiger partial charge in [0.25, 0.3) is 5.91 Å². The highest BCUT2D eigenvalue weighted by molar-refractivity contribution is 5.96. The summed E-state index contributed by atoms with van der Waals surface area (Å²) < 4.78 is 0. The van der Waals surface area contributed by atoms with Gasteiger partial charge in [0.15, 0.2) is 0 Å². The van der Waals surface area contributed by atoms with E-state index in [-0.39, 0.29) is 24.3 Å². The summed E-state index contributed by atoms with van der Waals surface area (Å²) in [7, 11) is 0. The van der Waals surface area contributed by atoms with Crippen LogP contribution in [0.2, 0.25) is 0 Å². The number of aromatic nitrogens is 1. The van der Waals surface area contributed by atoms with Crippen molar-refractivity contribution in [2.45, 2.75) is 26.3 Å². The zero-order chi connectivity index (χ0) is 18.0. The molecule has 0 N–H and O–H groups in total. The number of hydrogen-bond donors (Lipinski definition) is 0. The van der Waals surface area contributed by atoms with Gasteiger partial charge >= 0.3 is 0 Å². The normalized spacial score (nSPS) is 21.4. The van der Waals surface area contributed by atoms with Crippen molar-refractivity contribution in [2.24, 2.45) is 5.92 Å².